The Labute approximate surface area is 131 Å². The number of hydrogen-bond donors (Lipinski definition) is 2. The van der Waals surface area contributed by atoms with E-state index in [-0.39, 0.29) is 11.8 Å². The van der Waals surface area contributed by atoms with Gasteiger partial charge in [-0.1, -0.05) is 38.0 Å². The number of nitrogens with two attached hydrogens (primary N) is 1. The van der Waals surface area contributed by atoms with Gasteiger partial charge in [-0.15, -0.1) is 0 Å². The van der Waals surface area contributed by atoms with Crippen molar-refractivity contribution in [1.29, 1.82) is 0 Å². The molecular formula is C17H24N2O3. The fourth-order valence-corrected chi connectivity index (χ4v) is 2.77. The fourth-order valence-electron chi connectivity index (χ4n) is 2.77. The van der Waals surface area contributed by atoms with Crippen LogP contribution in [0.15, 0.2) is 30.3 Å². The van der Waals surface area contributed by atoms with Crippen LogP contribution in [0.25, 0.3) is 0 Å². The molecule has 0 radical (unpaired) electrons. The summed E-state index contributed by atoms with van der Waals surface area (Å²) in [7, 11) is 0. The first-order valence-electron chi connectivity index (χ1n) is 7.83. The van der Waals surface area contributed by atoms with E-state index in [9.17, 15) is 9.59 Å². The largest absolute Gasteiger partial charge is 0.494 e. The van der Waals surface area contributed by atoms with Crippen LogP contribution in [0, 0.1) is 5.92 Å². The van der Waals surface area contributed by atoms with Gasteiger partial charge in [0.2, 0.25) is 11.8 Å². The van der Waals surface area contributed by atoms with Crippen molar-refractivity contribution in [2.45, 2.75) is 44.6 Å². The van der Waals surface area contributed by atoms with Crippen molar-refractivity contribution in [2.75, 3.05) is 6.61 Å². The first-order chi connectivity index (χ1) is 10.5. The first-order valence-corrected chi connectivity index (χ1v) is 7.83. The summed E-state index contributed by atoms with van der Waals surface area (Å²) in [5, 5.41) is 2.87. The van der Waals surface area contributed by atoms with Crippen LogP contribution < -0.4 is 15.8 Å². The maximum absolute atomic E-state index is 12.3. The Hall–Kier alpha value is -2.04. The molecule has 0 aromatic heterocycles. The highest BCUT2D eigenvalue weighted by molar-refractivity contribution is 5.91. The lowest BCUT2D eigenvalue weighted by atomic mass is 9.95. The molecule has 3 N–H and O–H groups in total. The van der Waals surface area contributed by atoms with E-state index in [0.29, 0.717) is 25.9 Å². The lowest BCUT2D eigenvalue weighted by Crippen LogP contribution is -2.56. The van der Waals surface area contributed by atoms with Crippen LogP contribution in [-0.4, -0.2) is 24.0 Å². The lowest BCUT2D eigenvalue weighted by molar-refractivity contribution is -0.133. The number of carbonyl (C=O) groups excluding carboxylic acids is 2. The molecular weight excluding hydrogens is 280 g/mol. The molecule has 1 aromatic rings. The molecule has 0 aliphatic heterocycles. The summed E-state index contributed by atoms with van der Waals surface area (Å²) >= 11 is 0. The predicted octanol–water partition coefficient (Wildman–Crippen LogP) is 2.01. The lowest BCUT2D eigenvalue weighted by Gasteiger charge is -2.28. The second-order valence-electron chi connectivity index (χ2n) is 5.99. The molecule has 120 valence electrons. The van der Waals surface area contributed by atoms with E-state index in [4.69, 9.17) is 10.5 Å². The van der Waals surface area contributed by atoms with E-state index < -0.39 is 11.4 Å². The standard InChI is InChI=1S/C17H24N2O3/c1-13(9-12-22-14-7-3-2-4-8-14)15(20)19-17(16(18)21)10-5-6-11-17/h2-4,7-8,13H,5-6,9-12H2,1H3,(H2,18,21)(H,19,20). The highest BCUT2D eigenvalue weighted by Gasteiger charge is 2.41. The normalized spacial score (nSPS) is 17.7. The van der Waals surface area contributed by atoms with Crippen LogP contribution in [0.3, 0.4) is 0 Å². The summed E-state index contributed by atoms with van der Waals surface area (Å²) in [6.45, 7) is 2.30. The molecule has 5 nitrogen and oxygen atoms in total. The molecule has 0 spiro atoms. The van der Waals surface area contributed by atoms with Gasteiger partial charge in [-0.25, -0.2) is 0 Å². The second-order valence-corrected chi connectivity index (χ2v) is 5.99. The molecule has 1 aliphatic carbocycles. The van der Waals surface area contributed by atoms with Gasteiger partial charge in [0.05, 0.1) is 6.61 Å². The van der Waals surface area contributed by atoms with Gasteiger partial charge in [-0.05, 0) is 31.4 Å². The van der Waals surface area contributed by atoms with Crippen LogP contribution in [0.5, 0.6) is 5.75 Å². The van der Waals surface area contributed by atoms with E-state index in [2.05, 4.69) is 5.32 Å². The zero-order valence-corrected chi connectivity index (χ0v) is 13.0. The van der Waals surface area contributed by atoms with E-state index in [1.54, 1.807) is 0 Å². The zero-order valence-electron chi connectivity index (χ0n) is 13.0. The Bertz CT molecular complexity index is 510. The second kappa shape index (κ2) is 7.29. The van der Waals surface area contributed by atoms with Crippen molar-refractivity contribution in [3.05, 3.63) is 30.3 Å². The van der Waals surface area contributed by atoms with Gasteiger partial charge in [0.1, 0.15) is 11.3 Å². The van der Waals surface area contributed by atoms with Gasteiger partial charge in [-0.3, -0.25) is 9.59 Å². The van der Waals surface area contributed by atoms with Crippen molar-refractivity contribution >= 4 is 11.8 Å². The third kappa shape index (κ3) is 4.00. The van der Waals surface area contributed by atoms with Crippen molar-refractivity contribution in [3.63, 3.8) is 0 Å². The first kappa shape index (κ1) is 16.3. The molecule has 1 atom stereocenters. The fraction of sp³-hybridized carbons (Fsp3) is 0.529. The van der Waals surface area contributed by atoms with E-state index >= 15 is 0 Å². The summed E-state index contributed by atoms with van der Waals surface area (Å²) < 4.78 is 5.60. The molecule has 1 fully saturated rings. The number of para-hydroxylation sites is 1. The molecule has 0 saturated heterocycles. The van der Waals surface area contributed by atoms with Crippen LogP contribution in [0.1, 0.15) is 39.0 Å². The average molecular weight is 304 g/mol. The highest BCUT2D eigenvalue weighted by atomic mass is 16.5. The molecule has 22 heavy (non-hydrogen) atoms. The summed E-state index contributed by atoms with van der Waals surface area (Å²) in [5.41, 5.74) is 4.64. The Morgan fingerprint density at radius 2 is 1.91 bits per heavy atom. The van der Waals surface area contributed by atoms with Gasteiger partial charge in [0.15, 0.2) is 0 Å². The topological polar surface area (TPSA) is 81.4 Å². The third-order valence-corrected chi connectivity index (χ3v) is 4.30. The van der Waals surface area contributed by atoms with Crippen LogP contribution >= 0.6 is 0 Å². The Kier molecular flexibility index (Phi) is 5.41. The van der Waals surface area contributed by atoms with Crippen LogP contribution in [0.4, 0.5) is 0 Å². The van der Waals surface area contributed by atoms with Gasteiger partial charge in [0, 0.05) is 5.92 Å². The molecule has 0 heterocycles. The van der Waals surface area contributed by atoms with Crippen molar-refractivity contribution in [1.82, 2.24) is 5.32 Å². The monoisotopic (exact) mass is 304 g/mol. The van der Waals surface area contributed by atoms with E-state index in [0.717, 1.165) is 18.6 Å². The van der Waals surface area contributed by atoms with Gasteiger partial charge in [0.25, 0.3) is 0 Å². The third-order valence-electron chi connectivity index (χ3n) is 4.30. The minimum atomic E-state index is -0.842. The van der Waals surface area contributed by atoms with Gasteiger partial charge < -0.3 is 15.8 Å². The van der Waals surface area contributed by atoms with E-state index in [1.165, 1.54) is 0 Å². The Morgan fingerprint density at radius 3 is 2.50 bits per heavy atom. The number of benzene rings is 1. The van der Waals surface area contributed by atoms with E-state index in [1.807, 2.05) is 37.3 Å². The minimum Gasteiger partial charge on any atom is -0.494 e. The summed E-state index contributed by atoms with van der Waals surface area (Å²) in [5.74, 6) is 0.0171. The highest BCUT2D eigenvalue weighted by Crippen LogP contribution is 2.29. The number of nitrogens with one attached hydrogen (secondary N) is 1. The van der Waals surface area contributed by atoms with Crippen molar-refractivity contribution < 1.29 is 14.3 Å². The molecule has 5 heteroatoms. The Morgan fingerprint density at radius 1 is 1.27 bits per heavy atom. The smallest absolute Gasteiger partial charge is 0.243 e. The molecule has 1 unspecified atom stereocenters. The molecule has 1 aromatic carbocycles. The SMILES string of the molecule is CC(CCOc1ccccc1)C(=O)NC1(C(N)=O)CCCC1. The number of hydrogen-bond acceptors (Lipinski definition) is 3. The number of amides is 2. The summed E-state index contributed by atoms with van der Waals surface area (Å²) in [6, 6.07) is 9.49. The predicted molar refractivity (Wildman–Crippen MR) is 84.3 cm³/mol. The number of rotatable bonds is 7. The van der Waals surface area contributed by atoms with Crippen molar-refractivity contribution in [3.8, 4) is 5.75 Å². The number of carbonyl (C=O) groups is 2. The number of primary amides is 1. The quantitative estimate of drug-likeness (QED) is 0.808. The maximum atomic E-state index is 12.3. The Balaban J connectivity index is 1.80. The summed E-state index contributed by atoms with van der Waals surface area (Å²) in [4.78, 5) is 23.9. The minimum absolute atomic E-state index is 0.127. The zero-order chi connectivity index (χ0) is 16.0. The van der Waals surface area contributed by atoms with Crippen LogP contribution in [0.2, 0.25) is 0 Å². The number of ether oxygens (including phenoxy) is 1. The molecule has 2 amide bonds. The van der Waals surface area contributed by atoms with Gasteiger partial charge in [-0.2, -0.15) is 0 Å². The van der Waals surface area contributed by atoms with Gasteiger partial charge >= 0.3 is 0 Å². The summed E-state index contributed by atoms with van der Waals surface area (Å²) in [6.07, 6.45) is 3.72. The maximum Gasteiger partial charge on any atom is 0.243 e. The molecule has 0 bridgehead atoms. The molecule has 1 saturated carbocycles. The van der Waals surface area contributed by atoms with Crippen LogP contribution in [-0.2, 0) is 9.59 Å². The van der Waals surface area contributed by atoms with Crippen molar-refractivity contribution in [2.24, 2.45) is 11.7 Å². The average Bonchev–Trinajstić information content (AvgIpc) is 2.98. The molecule has 1 aliphatic rings. The molecule has 2 rings (SSSR count).